The third-order valence-electron chi connectivity index (χ3n) is 3.70. The zero-order chi connectivity index (χ0) is 15.0. The van der Waals surface area contributed by atoms with Crippen molar-refractivity contribution in [3.63, 3.8) is 0 Å². The van der Waals surface area contributed by atoms with Crippen LogP contribution in [-0.2, 0) is 22.9 Å². The molecule has 6 nitrogen and oxygen atoms in total. The topological polar surface area (TPSA) is 91.1 Å². The van der Waals surface area contributed by atoms with Crippen molar-refractivity contribution in [2.45, 2.75) is 12.8 Å². The van der Waals surface area contributed by atoms with E-state index in [0.29, 0.717) is 25.1 Å². The van der Waals surface area contributed by atoms with Crippen molar-refractivity contribution in [1.82, 2.24) is 15.0 Å². The summed E-state index contributed by atoms with van der Waals surface area (Å²) in [5, 5.41) is 3.89. The number of carbonyl (C=O) groups is 1. The molecule has 0 unspecified atom stereocenters. The van der Waals surface area contributed by atoms with Gasteiger partial charge in [-0.2, -0.15) is 0 Å². The van der Waals surface area contributed by atoms with Crippen LogP contribution in [0.15, 0.2) is 18.3 Å². The molecule has 21 heavy (non-hydrogen) atoms. The van der Waals surface area contributed by atoms with E-state index in [9.17, 15) is 13.2 Å². The Kier molecular flexibility index (Phi) is 3.46. The van der Waals surface area contributed by atoms with Gasteiger partial charge in [-0.25, -0.2) is 13.1 Å². The molecule has 3 rings (SSSR count). The van der Waals surface area contributed by atoms with Crippen LogP contribution in [0.2, 0.25) is 0 Å². The van der Waals surface area contributed by atoms with Gasteiger partial charge in [-0.3, -0.25) is 4.79 Å². The van der Waals surface area contributed by atoms with Crippen LogP contribution in [0.3, 0.4) is 0 Å². The average molecular weight is 307 g/mol. The number of carbonyl (C=O) groups excluding carboxylic acids is 1. The Labute approximate surface area is 123 Å². The Morgan fingerprint density at radius 2 is 2.14 bits per heavy atom. The van der Waals surface area contributed by atoms with Crippen molar-refractivity contribution in [1.29, 1.82) is 0 Å². The van der Waals surface area contributed by atoms with E-state index in [4.69, 9.17) is 0 Å². The summed E-state index contributed by atoms with van der Waals surface area (Å²) in [7, 11) is -3.18. The molecule has 7 heteroatoms. The lowest BCUT2D eigenvalue weighted by Gasteiger charge is -2.18. The van der Waals surface area contributed by atoms with Crippen LogP contribution in [0.4, 0.5) is 0 Å². The predicted molar refractivity (Wildman–Crippen MR) is 80.9 cm³/mol. The second-order valence-corrected chi connectivity index (χ2v) is 7.08. The van der Waals surface area contributed by atoms with Crippen molar-refractivity contribution in [2.75, 3.05) is 19.3 Å². The van der Waals surface area contributed by atoms with E-state index >= 15 is 0 Å². The van der Waals surface area contributed by atoms with E-state index < -0.39 is 10.0 Å². The Balaban J connectivity index is 1.96. The Morgan fingerprint density at radius 3 is 2.90 bits per heavy atom. The summed E-state index contributed by atoms with van der Waals surface area (Å²) in [6, 6.07) is 3.73. The highest BCUT2D eigenvalue weighted by Gasteiger charge is 2.20. The maximum Gasteiger partial charge on any atom is 0.251 e. The first-order chi connectivity index (χ1) is 9.96. The molecule has 3 N–H and O–H groups in total. The number of rotatable bonds is 4. The van der Waals surface area contributed by atoms with Crippen LogP contribution in [0.1, 0.15) is 21.5 Å². The van der Waals surface area contributed by atoms with Crippen LogP contribution >= 0.6 is 0 Å². The maximum absolute atomic E-state index is 11.9. The highest BCUT2D eigenvalue weighted by Crippen LogP contribution is 2.28. The minimum absolute atomic E-state index is 0.0421. The fraction of sp³-hybridized carbons (Fsp3) is 0.357. The van der Waals surface area contributed by atoms with Crippen LogP contribution in [0, 0.1) is 0 Å². The summed E-state index contributed by atoms with van der Waals surface area (Å²) in [6.07, 6.45) is 4.42. The molecule has 0 bridgehead atoms. The minimum atomic E-state index is -3.18. The summed E-state index contributed by atoms with van der Waals surface area (Å²) >= 11 is 0. The van der Waals surface area contributed by atoms with Gasteiger partial charge in [0.15, 0.2) is 0 Å². The fourth-order valence-electron chi connectivity index (χ4n) is 2.81. The molecular formula is C14H17N3O3S. The van der Waals surface area contributed by atoms with Crippen molar-refractivity contribution in [3.05, 3.63) is 35.0 Å². The zero-order valence-corrected chi connectivity index (χ0v) is 12.5. The summed E-state index contributed by atoms with van der Waals surface area (Å²) in [5.74, 6) is -0.0421. The van der Waals surface area contributed by atoms with E-state index in [-0.39, 0.29) is 5.91 Å². The summed E-state index contributed by atoms with van der Waals surface area (Å²) in [6.45, 7) is 0.985. The lowest BCUT2D eigenvalue weighted by atomic mass is 9.94. The molecule has 0 fully saturated rings. The highest BCUT2D eigenvalue weighted by molar-refractivity contribution is 7.88. The predicted octanol–water partition coefficient (Wildman–Crippen LogP) is 0.545. The molecule has 1 aromatic heterocycles. The van der Waals surface area contributed by atoms with Crippen LogP contribution in [-0.4, -0.2) is 38.7 Å². The van der Waals surface area contributed by atoms with Crippen molar-refractivity contribution < 1.29 is 13.2 Å². The molecule has 0 saturated heterocycles. The molecule has 0 atom stereocenters. The minimum Gasteiger partial charge on any atom is -0.361 e. The van der Waals surface area contributed by atoms with Gasteiger partial charge in [0.1, 0.15) is 0 Å². The molecule has 2 aromatic rings. The number of H-pyrrole nitrogens is 1. The monoisotopic (exact) mass is 307 g/mol. The number of nitrogens with one attached hydrogen (secondary N) is 3. The molecular weight excluding hydrogens is 290 g/mol. The van der Waals surface area contributed by atoms with E-state index in [2.05, 4.69) is 15.0 Å². The number of aromatic amines is 1. The van der Waals surface area contributed by atoms with Gasteiger partial charge < -0.3 is 10.3 Å². The number of benzene rings is 1. The first-order valence-corrected chi connectivity index (χ1v) is 8.69. The summed E-state index contributed by atoms with van der Waals surface area (Å²) in [4.78, 5) is 15.1. The van der Waals surface area contributed by atoms with Gasteiger partial charge >= 0.3 is 0 Å². The number of fused-ring (bicyclic) bond motifs is 3. The molecule has 1 aromatic carbocycles. The zero-order valence-electron chi connectivity index (χ0n) is 11.7. The third-order valence-corrected chi connectivity index (χ3v) is 4.43. The summed E-state index contributed by atoms with van der Waals surface area (Å²) in [5.41, 5.74) is 3.78. The van der Waals surface area contributed by atoms with Crippen LogP contribution in [0.25, 0.3) is 10.9 Å². The van der Waals surface area contributed by atoms with Gasteiger partial charge in [0, 0.05) is 35.8 Å². The van der Waals surface area contributed by atoms with Crippen molar-refractivity contribution in [3.8, 4) is 0 Å². The molecule has 0 radical (unpaired) electrons. The van der Waals surface area contributed by atoms with Gasteiger partial charge in [0.25, 0.3) is 5.91 Å². The Bertz CT molecular complexity index is 808. The number of aromatic nitrogens is 1. The van der Waals surface area contributed by atoms with E-state index in [1.54, 1.807) is 0 Å². The van der Waals surface area contributed by atoms with E-state index in [1.807, 2.05) is 18.3 Å². The first kappa shape index (κ1) is 14.1. The average Bonchev–Trinajstić information content (AvgIpc) is 2.81. The van der Waals surface area contributed by atoms with Gasteiger partial charge in [-0.15, -0.1) is 0 Å². The van der Waals surface area contributed by atoms with Crippen molar-refractivity contribution in [2.24, 2.45) is 0 Å². The number of amides is 1. The Morgan fingerprint density at radius 1 is 1.33 bits per heavy atom. The standard InChI is InChI=1S/C14H17N3O3S/c1-21(19,20)17-7-4-9-8-16-12-3-2-11-10(13(9)12)5-6-15-14(11)18/h2-3,8,16-17H,4-7H2,1H3,(H,15,18). The molecule has 1 amide bonds. The molecule has 1 aliphatic heterocycles. The van der Waals surface area contributed by atoms with Gasteiger partial charge in [-0.05, 0) is 36.1 Å². The maximum atomic E-state index is 11.9. The molecule has 2 heterocycles. The molecule has 0 saturated carbocycles. The third kappa shape index (κ3) is 2.79. The van der Waals surface area contributed by atoms with E-state index in [1.165, 1.54) is 0 Å². The number of hydrogen-bond acceptors (Lipinski definition) is 3. The largest absolute Gasteiger partial charge is 0.361 e. The smallest absolute Gasteiger partial charge is 0.251 e. The first-order valence-electron chi connectivity index (χ1n) is 6.80. The van der Waals surface area contributed by atoms with Gasteiger partial charge in [-0.1, -0.05) is 0 Å². The second-order valence-electron chi connectivity index (χ2n) is 5.25. The molecule has 0 aliphatic carbocycles. The van der Waals surface area contributed by atoms with Gasteiger partial charge in [0.05, 0.1) is 6.26 Å². The van der Waals surface area contributed by atoms with E-state index in [0.717, 1.165) is 34.7 Å². The molecule has 112 valence electrons. The quantitative estimate of drug-likeness (QED) is 0.770. The van der Waals surface area contributed by atoms with Crippen molar-refractivity contribution >= 4 is 26.8 Å². The lowest BCUT2D eigenvalue weighted by Crippen LogP contribution is -2.31. The Hall–Kier alpha value is -1.86. The highest BCUT2D eigenvalue weighted by atomic mass is 32.2. The van der Waals surface area contributed by atoms with Crippen LogP contribution in [0.5, 0.6) is 0 Å². The molecule has 1 aliphatic rings. The number of sulfonamides is 1. The second kappa shape index (κ2) is 5.16. The summed E-state index contributed by atoms with van der Waals surface area (Å²) < 4.78 is 24.7. The normalized spacial score (nSPS) is 15.0. The fourth-order valence-corrected chi connectivity index (χ4v) is 3.28. The van der Waals surface area contributed by atoms with Crippen LogP contribution < -0.4 is 10.0 Å². The van der Waals surface area contributed by atoms with Gasteiger partial charge in [0.2, 0.25) is 10.0 Å². The SMILES string of the molecule is CS(=O)(=O)NCCc1c[nH]c2ccc3c(c12)CCNC3=O. The number of hydrogen-bond donors (Lipinski definition) is 3. The lowest BCUT2D eigenvalue weighted by molar-refractivity contribution is 0.0946. The molecule has 0 spiro atoms.